The van der Waals surface area contributed by atoms with Gasteiger partial charge in [-0.15, -0.1) is 0 Å². The average molecular weight is 348 g/mol. The van der Waals surface area contributed by atoms with Gasteiger partial charge >= 0.3 is 0 Å². The SMILES string of the molecule is CCc1c(F)c(F)c(OC(C)OCCC2CCCCC2)c(F)c1F. The van der Waals surface area contributed by atoms with Crippen LogP contribution in [0.5, 0.6) is 5.75 Å². The monoisotopic (exact) mass is 348 g/mol. The summed E-state index contributed by atoms with van der Waals surface area (Å²) in [6.45, 7) is 3.24. The van der Waals surface area contributed by atoms with E-state index in [1.807, 2.05) is 0 Å². The van der Waals surface area contributed by atoms with Crippen LogP contribution in [0.25, 0.3) is 0 Å². The third-order valence-electron chi connectivity index (χ3n) is 4.55. The van der Waals surface area contributed by atoms with Gasteiger partial charge in [-0.1, -0.05) is 39.0 Å². The average Bonchev–Trinajstić information content (AvgIpc) is 2.58. The van der Waals surface area contributed by atoms with E-state index in [4.69, 9.17) is 9.47 Å². The van der Waals surface area contributed by atoms with Gasteiger partial charge in [-0.3, -0.25) is 0 Å². The molecule has 0 radical (unpaired) electrons. The minimum atomic E-state index is -1.52. The van der Waals surface area contributed by atoms with Crippen molar-refractivity contribution in [1.82, 2.24) is 0 Å². The van der Waals surface area contributed by atoms with Crippen molar-refractivity contribution in [3.63, 3.8) is 0 Å². The van der Waals surface area contributed by atoms with Gasteiger partial charge in [0.05, 0.1) is 6.61 Å². The summed E-state index contributed by atoms with van der Waals surface area (Å²) in [7, 11) is 0. The van der Waals surface area contributed by atoms with Crippen LogP contribution in [0, 0.1) is 29.2 Å². The van der Waals surface area contributed by atoms with Crippen LogP contribution in [0.4, 0.5) is 17.6 Å². The van der Waals surface area contributed by atoms with Crippen LogP contribution in [0.2, 0.25) is 0 Å². The largest absolute Gasteiger partial charge is 0.459 e. The Balaban J connectivity index is 1.94. The van der Waals surface area contributed by atoms with Gasteiger partial charge in [0, 0.05) is 5.56 Å². The predicted molar refractivity (Wildman–Crippen MR) is 82.9 cm³/mol. The summed E-state index contributed by atoms with van der Waals surface area (Å²) in [5.74, 6) is -6.34. The second-order valence-corrected chi connectivity index (χ2v) is 6.27. The van der Waals surface area contributed by atoms with Crippen molar-refractivity contribution in [3.8, 4) is 5.75 Å². The summed E-state index contributed by atoms with van der Waals surface area (Å²) < 4.78 is 65.7. The van der Waals surface area contributed by atoms with Crippen LogP contribution in [0.1, 0.15) is 57.9 Å². The molecule has 0 saturated heterocycles. The maximum Gasteiger partial charge on any atom is 0.204 e. The Morgan fingerprint density at radius 1 is 0.958 bits per heavy atom. The van der Waals surface area contributed by atoms with E-state index in [2.05, 4.69) is 0 Å². The summed E-state index contributed by atoms with van der Waals surface area (Å²) in [6.07, 6.45) is 5.72. The molecule has 136 valence electrons. The van der Waals surface area contributed by atoms with Gasteiger partial charge < -0.3 is 9.47 Å². The summed E-state index contributed by atoms with van der Waals surface area (Å²) in [4.78, 5) is 0. The Morgan fingerprint density at radius 2 is 1.54 bits per heavy atom. The zero-order valence-electron chi connectivity index (χ0n) is 14.1. The molecule has 0 heterocycles. The smallest absolute Gasteiger partial charge is 0.204 e. The predicted octanol–water partition coefficient (Wildman–Crippen LogP) is 5.52. The van der Waals surface area contributed by atoms with E-state index in [9.17, 15) is 17.6 Å². The molecule has 1 aromatic carbocycles. The van der Waals surface area contributed by atoms with Crippen LogP contribution in [0.3, 0.4) is 0 Å². The van der Waals surface area contributed by atoms with Crippen molar-refractivity contribution in [1.29, 1.82) is 0 Å². The van der Waals surface area contributed by atoms with Crippen LogP contribution >= 0.6 is 0 Å². The van der Waals surface area contributed by atoms with Gasteiger partial charge in [0.15, 0.2) is 23.7 Å². The normalized spacial score (nSPS) is 17.1. The molecule has 2 rings (SSSR count). The second-order valence-electron chi connectivity index (χ2n) is 6.27. The van der Waals surface area contributed by atoms with Crippen LogP contribution < -0.4 is 4.74 Å². The van der Waals surface area contributed by atoms with Crippen molar-refractivity contribution in [2.45, 2.75) is 65.1 Å². The zero-order valence-corrected chi connectivity index (χ0v) is 14.1. The van der Waals surface area contributed by atoms with E-state index < -0.39 is 40.9 Å². The molecule has 1 unspecified atom stereocenters. The topological polar surface area (TPSA) is 18.5 Å². The van der Waals surface area contributed by atoms with E-state index in [0.29, 0.717) is 12.5 Å². The minimum Gasteiger partial charge on any atom is -0.459 e. The fraction of sp³-hybridized carbons (Fsp3) is 0.667. The quantitative estimate of drug-likeness (QED) is 0.367. The van der Waals surface area contributed by atoms with E-state index in [1.54, 1.807) is 0 Å². The second kappa shape index (κ2) is 8.70. The molecule has 0 N–H and O–H groups in total. The highest BCUT2D eigenvalue weighted by Gasteiger charge is 2.27. The lowest BCUT2D eigenvalue weighted by Crippen LogP contribution is -2.21. The first-order valence-corrected chi connectivity index (χ1v) is 8.58. The van der Waals surface area contributed by atoms with E-state index >= 15 is 0 Å². The highest BCUT2D eigenvalue weighted by molar-refractivity contribution is 5.34. The Labute approximate surface area is 140 Å². The molecule has 0 aromatic heterocycles. The standard InChI is InChI=1S/C18H24F4O2/c1-3-13-14(19)16(21)18(17(22)15(13)20)24-11(2)23-10-9-12-7-5-4-6-8-12/h11-12H,3-10H2,1-2H3. The number of ether oxygens (including phenoxy) is 2. The number of benzene rings is 1. The lowest BCUT2D eigenvalue weighted by Gasteiger charge is -2.23. The van der Waals surface area contributed by atoms with E-state index in [-0.39, 0.29) is 6.42 Å². The van der Waals surface area contributed by atoms with Gasteiger partial charge in [0.2, 0.25) is 11.6 Å². The first-order valence-electron chi connectivity index (χ1n) is 8.58. The lowest BCUT2D eigenvalue weighted by molar-refractivity contribution is -0.0750. The molecule has 0 spiro atoms. The summed E-state index contributed by atoms with van der Waals surface area (Å²) in [5, 5.41) is 0. The minimum absolute atomic E-state index is 0.154. The molecule has 0 amide bonds. The molecule has 1 aromatic rings. The third kappa shape index (κ3) is 4.41. The third-order valence-corrected chi connectivity index (χ3v) is 4.55. The molecule has 1 atom stereocenters. The van der Waals surface area contributed by atoms with Crippen molar-refractivity contribution < 1.29 is 27.0 Å². The van der Waals surface area contributed by atoms with E-state index in [1.165, 1.54) is 33.1 Å². The first-order chi connectivity index (χ1) is 11.5. The van der Waals surface area contributed by atoms with Gasteiger partial charge in [0.1, 0.15) is 0 Å². The Morgan fingerprint density at radius 3 is 2.08 bits per heavy atom. The molecule has 0 bridgehead atoms. The number of halogens is 4. The van der Waals surface area contributed by atoms with Crippen molar-refractivity contribution in [2.24, 2.45) is 5.92 Å². The molecule has 1 saturated carbocycles. The molecule has 0 aliphatic heterocycles. The number of hydrogen-bond donors (Lipinski definition) is 0. The van der Waals surface area contributed by atoms with Crippen LogP contribution in [0.15, 0.2) is 0 Å². The highest BCUT2D eigenvalue weighted by atomic mass is 19.2. The molecule has 1 fully saturated rings. The Kier molecular flexibility index (Phi) is 6.90. The Bertz CT molecular complexity index is 527. The van der Waals surface area contributed by atoms with Gasteiger partial charge in [-0.2, -0.15) is 8.78 Å². The van der Waals surface area contributed by atoms with Gasteiger partial charge in [0.25, 0.3) is 0 Å². The van der Waals surface area contributed by atoms with Crippen molar-refractivity contribution in [3.05, 3.63) is 28.8 Å². The van der Waals surface area contributed by atoms with Crippen LogP contribution in [-0.4, -0.2) is 12.9 Å². The van der Waals surface area contributed by atoms with Crippen molar-refractivity contribution >= 4 is 0 Å². The Hall–Kier alpha value is -1.30. The van der Waals surface area contributed by atoms with Gasteiger partial charge in [-0.25, -0.2) is 8.78 Å². The molecule has 1 aliphatic rings. The first kappa shape index (κ1) is 19.0. The zero-order chi connectivity index (χ0) is 17.7. The number of hydrogen-bond acceptors (Lipinski definition) is 2. The molecule has 2 nitrogen and oxygen atoms in total. The maximum atomic E-state index is 13.9. The van der Waals surface area contributed by atoms with Gasteiger partial charge in [-0.05, 0) is 25.7 Å². The van der Waals surface area contributed by atoms with E-state index in [0.717, 1.165) is 19.3 Å². The fourth-order valence-electron chi connectivity index (χ4n) is 3.15. The summed E-state index contributed by atoms with van der Waals surface area (Å²) >= 11 is 0. The molecular weight excluding hydrogens is 324 g/mol. The lowest BCUT2D eigenvalue weighted by atomic mass is 9.87. The molecule has 6 heteroatoms. The molecule has 24 heavy (non-hydrogen) atoms. The maximum absolute atomic E-state index is 13.9. The number of rotatable bonds is 7. The molecule has 1 aliphatic carbocycles. The summed E-state index contributed by atoms with van der Waals surface area (Å²) in [5.41, 5.74) is -0.622. The fourth-order valence-corrected chi connectivity index (χ4v) is 3.15. The molecular formula is C18H24F4O2. The highest BCUT2D eigenvalue weighted by Crippen LogP contribution is 2.31. The van der Waals surface area contributed by atoms with Crippen LogP contribution in [-0.2, 0) is 11.2 Å². The van der Waals surface area contributed by atoms with Crippen molar-refractivity contribution in [2.75, 3.05) is 6.61 Å². The summed E-state index contributed by atoms with van der Waals surface area (Å²) in [6, 6.07) is 0.